The third-order valence-corrected chi connectivity index (χ3v) is 4.97. The highest BCUT2D eigenvalue weighted by atomic mass is 32.2. The van der Waals surface area contributed by atoms with Gasteiger partial charge in [0.2, 0.25) is 10.0 Å². The molecule has 1 heterocycles. The molecule has 1 aromatic heterocycles. The lowest BCUT2D eigenvalue weighted by atomic mass is 10.0. The largest absolute Gasteiger partial charge is 0.351 e. The van der Waals surface area contributed by atoms with Gasteiger partial charge in [-0.3, -0.25) is 4.79 Å². The Labute approximate surface area is 125 Å². The summed E-state index contributed by atoms with van der Waals surface area (Å²) in [6, 6.07) is 1.34. The van der Waals surface area contributed by atoms with Crippen LogP contribution in [0, 0.1) is 5.92 Å². The lowest BCUT2D eigenvalue weighted by molar-refractivity contribution is 0.0942. The number of rotatable bonds is 6. The molecular weight excluding hydrogens is 290 g/mol. The molecular formula is C14H23N3O3S. The number of aryl methyl sites for hydroxylation is 1. The summed E-state index contributed by atoms with van der Waals surface area (Å²) in [6.45, 7) is 2.99. The maximum atomic E-state index is 12.2. The molecule has 1 amide bonds. The minimum absolute atomic E-state index is 0.0229. The smallest absolute Gasteiger partial charge is 0.267 e. The number of hydrogen-bond donors (Lipinski definition) is 2. The zero-order valence-corrected chi connectivity index (χ0v) is 13.2. The first-order valence-electron chi connectivity index (χ1n) is 7.43. The van der Waals surface area contributed by atoms with Gasteiger partial charge in [-0.1, -0.05) is 25.7 Å². The average molecular weight is 313 g/mol. The fourth-order valence-corrected chi connectivity index (χ4v) is 3.42. The van der Waals surface area contributed by atoms with Crippen molar-refractivity contribution in [2.24, 2.45) is 11.1 Å². The summed E-state index contributed by atoms with van der Waals surface area (Å²) in [7, 11) is -3.78. The number of primary sulfonamides is 1. The molecule has 0 bridgehead atoms. The zero-order valence-electron chi connectivity index (χ0n) is 12.3. The van der Waals surface area contributed by atoms with E-state index in [4.69, 9.17) is 5.14 Å². The summed E-state index contributed by atoms with van der Waals surface area (Å²) >= 11 is 0. The van der Waals surface area contributed by atoms with E-state index in [2.05, 4.69) is 5.32 Å². The average Bonchev–Trinajstić information content (AvgIpc) is 3.06. The van der Waals surface area contributed by atoms with E-state index in [1.54, 1.807) is 4.57 Å². The number of sulfonamides is 1. The van der Waals surface area contributed by atoms with Crippen LogP contribution in [0.1, 0.15) is 49.5 Å². The third-order valence-electron chi connectivity index (χ3n) is 4.09. The molecule has 2 rings (SSSR count). The molecule has 6 nitrogen and oxygen atoms in total. The van der Waals surface area contributed by atoms with Crippen LogP contribution in [-0.2, 0) is 16.6 Å². The molecule has 7 heteroatoms. The summed E-state index contributed by atoms with van der Waals surface area (Å²) in [5.41, 5.74) is 0.341. The van der Waals surface area contributed by atoms with Crippen molar-refractivity contribution in [2.45, 2.75) is 50.5 Å². The van der Waals surface area contributed by atoms with Crippen LogP contribution in [0.2, 0.25) is 0 Å². The monoisotopic (exact) mass is 313 g/mol. The van der Waals surface area contributed by atoms with E-state index in [9.17, 15) is 13.2 Å². The van der Waals surface area contributed by atoms with Gasteiger partial charge in [-0.25, -0.2) is 13.6 Å². The minimum atomic E-state index is -3.78. The van der Waals surface area contributed by atoms with Crippen molar-refractivity contribution in [3.05, 3.63) is 18.0 Å². The maximum Gasteiger partial charge on any atom is 0.267 e. The Morgan fingerprint density at radius 2 is 2.10 bits per heavy atom. The number of nitrogens with one attached hydrogen (secondary N) is 1. The quantitative estimate of drug-likeness (QED) is 0.832. The van der Waals surface area contributed by atoms with Crippen LogP contribution >= 0.6 is 0 Å². The normalized spacial score (nSPS) is 16.3. The molecule has 0 aromatic carbocycles. The molecule has 0 radical (unpaired) electrons. The molecule has 1 saturated carbocycles. The number of nitrogens with two attached hydrogens (primary N) is 1. The Bertz CT molecular complexity index is 601. The van der Waals surface area contributed by atoms with E-state index in [1.165, 1.54) is 37.9 Å². The van der Waals surface area contributed by atoms with E-state index in [-0.39, 0.29) is 10.8 Å². The molecule has 118 valence electrons. The molecule has 0 aliphatic heterocycles. The summed E-state index contributed by atoms with van der Waals surface area (Å²) in [5, 5.41) is 7.97. The van der Waals surface area contributed by atoms with E-state index in [0.717, 1.165) is 6.42 Å². The Kier molecular flexibility index (Phi) is 5.05. The van der Waals surface area contributed by atoms with Crippen molar-refractivity contribution in [3.8, 4) is 0 Å². The van der Waals surface area contributed by atoms with Gasteiger partial charge in [0.1, 0.15) is 10.6 Å². The standard InChI is InChI=1S/C14H23N3O3S/c1-2-17-10-12(21(15,19)20)9-13(17)14(18)16-8-7-11-5-3-4-6-11/h9-11H,2-8H2,1H3,(H,16,18)(H2,15,19,20). The topological polar surface area (TPSA) is 94.2 Å². The number of nitrogens with zero attached hydrogens (tertiary/aromatic N) is 1. The molecule has 21 heavy (non-hydrogen) atoms. The summed E-state index contributed by atoms with van der Waals surface area (Å²) in [5.74, 6) is 0.466. The van der Waals surface area contributed by atoms with Crippen LogP contribution in [0.15, 0.2) is 17.2 Å². The number of carbonyl (C=O) groups is 1. The van der Waals surface area contributed by atoms with E-state index in [1.807, 2.05) is 6.92 Å². The van der Waals surface area contributed by atoms with Gasteiger partial charge in [-0.15, -0.1) is 0 Å². The fourth-order valence-electron chi connectivity index (χ4n) is 2.87. The second-order valence-corrected chi connectivity index (χ2v) is 7.15. The highest BCUT2D eigenvalue weighted by Gasteiger charge is 2.19. The van der Waals surface area contributed by atoms with Crippen molar-refractivity contribution < 1.29 is 13.2 Å². The van der Waals surface area contributed by atoms with Gasteiger partial charge in [0.05, 0.1) is 0 Å². The van der Waals surface area contributed by atoms with Gasteiger partial charge in [0.25, 0.3) is 5.91 Å². The SMILES string of the molecule is CCn1cc(S(N)(=O)=O)cc1C(=O)NCCC1CCCC1. The first-order chi connectivity index (χ1) is 9.91. The second kappa shape index (κ2) is 6.62. The Morgan fingerprint density at radius 3 is 2.67 bits per heavy atom. The van der Waals surface area contributed by atoms with Gasteiger partial charge < -0.3 is 9.88 Å². The van der Waals surface area contributed by atoms with Crippen molar-refractivity contribution in [2.75, 3.05) is 6.54 Å². The summed E-state index contributed by atoms with van der Waals surface area (Å²) in [4.78, 5) is 12.1. The summed E-state index contributed by atoms with van der Waals surface area (Å²) in [6.07, 6.45) is 7.46. The molecule has 0 atom stereocenters. The minimum Gasteiger partial charge on any atom is -0.351 e. The first kappa shape index (κ1) is 16.0. The molecule has 0 saturated heterocycles. The van der Waals surface area contributed by atoms with Crippen LogP contribution in [0.5, 0.6) is 0 Å². The maximum absolute atomic E-state index is 12.2. The molecule has 1 aromatic rings. The van der Waals surface area contributed by atoms with E-state index in [0.29, 0.717) is 24.7 Å². The fraction of sp³-hybridized carbons (Fsp3) is 0.643. The number of amides is 1. The molecule has 0 unspecified atom stereocenters. The van der Waals surface area contributed by atoms with E-state index < -0.39 is 10.0 Å². The van der Waals surface area contributed by atoms with Crippen LogP contribution in [0.25, 0.3) is 0 Å². The predicted octanol–water partition coefficient (Wildman–Crippen LogP) is 1.47. The molecule has 3 N–H and O–H groups in total. The molecule has 0 spiro atoms. The van der Waals surface area contributed by atoms with Gasteiger partial charge in [0, 0.05) is 19.3 Å². The highest BCUT2D eigenvalue weighted by Crippen LogP contribution is 2.26. The van der Waals surface area contributed by atoms with Gasteiger partial charge in [0.15, 0.2) is 0 Å². The number of aromatic nitrogens is 1. The Hall–Kier alpha value is -1.34. The predicted molar refractivity (Wildman–Crippen MR) is 80.4 cm³/mol. The van der Waals surface area contributed by atoms with Gasteiger partial charge in [-0.05, 0) is 25.3 Å². The Balaban J connectivity index is 1.99. The van der Waals surface area contributed by atoms with Crippen molar-refractivity contribution in [3.63, 3.8) is 0 Å². The zero-order chi connectivity index (χ0) is 15.5. The van der Waals surface area contributed by atoms with Crippen molar-refractivity contribution >= 4 is 15.9 Å². The van der Waals surface area contributed by atoms with Gasteiger partial charge >= 0.3 is 0 Å². The van der Waals surface area contributed by atoms with Crippen LogP contribution in [-0.4, -0.2) is 25.4 Å². The van der Waals surface area contributed by atoms with Gasteiger partial charge in [-0.2, -0.15) is 0 Å². The first-order valence-corrected chi connectivity index (χ1v) is 8.97. The lowest BCUT2D eigenvalue weighted by Crippen LogP contribution is -2.27. The third kappa shape index (κ3) is 4.07. The highest BCUT2D eigenvalue weighted by molar-refractivity contribution is 7.89. The van der Waals surface area contributed by atoms with Crippen LogP contribution < -0.4 is 10.5 Å². The molecule has 1 aliphatic carbocycles. The summed E-state index contributed by atoms with van der Waals surface area (Å²) < 4.78 is 24.3. The van der Waals surface area contributed by atoms with Crippen LogP contribution in [0.3, 0.4) is 0 Å². The van der Waals surface area contributed by atoms with Crippen molar-refractivity contribution in [1.29, 1.82) is 0 Å². The molecule has 1 fully saturated rings. The number of carbonyl (C=O) groups excluding carboxylic acids is 1. The Morgan fingerprint density at radius 1 is 1.43 bits per heavy atom. The van der Waals surface area contributed by atoms with Crippen LogP contribution in [0.4, 0.5) is 0 Å². The second-order valence-electron chi connectivity index (χ2n) is 5.59. The van der Waals surface area contributed by atoms with Crippen molar-refractivity contribution in [1.82, 2.24) is 9.88 Å². The number of hydrogen-bond acceptors (Lipinski definition) is 3. The molecule has 1 aliphatic rings. The van der Waals surface area contributed by atoms with E-state index >= 15 is 0 Å². The lowest BCUT2D eigenvalue weighted by Gasteiger charge is -2.10.